The third kappa shape index (κ3) is 2.73. The normalized spacial score (nSPS) is 15.2. The van der Waals surface area contributed by atoms with Gasteiger partial charge < -0.3 is 4.74 Å². The zero-order valence-electron chi connectivity index (χ0n) is 11.0. The molecule has 1 saturated carbocycles. The second-order valence-electron chi connectivity index (χ2n) is 4.69. The van der Waals surface area contributed by atoms with Crippen molar-refractivity contribution in [3.63, 3.8) is 0 Å². The largest absolute Gasteiger partial charge is 0.496 e. The van der Waals surface area contributed by atoms with Crippen molar-refractivity contribution in [2.24, 2.45) is 0 Å². The fraction of sp³-hybridized carbons (Fsp3) is 0.333. The Balaban J connectivity index is 2.24. The number of rotatable bonds is 4. The van der Waals surface area contributed by atoms with E-state index in [2.05, 4.69) is 10.2 Å². The van der Waals surface area contributed by atoms with Gasteiger partial charge in [0.2, 0.25) is 0 Å². The van der Waals surface area contributed by atoms with E-state index < -0.39 is 9.05 Å². The standard InChI is InChI=1S/C12H11Cl2N3O3S/c1-20-10-5-2-7(13)6-9(10)11-15-16-12(21(14,18)19)17(11)8-3-4-8/h2,5-6,8H,3-4H2,1H3. The second kappa shape index (κ2) is 5.15. The number of hydrogen-bond acceptors (Lipinski definition) is 5. The predicted octanol–water partition coefficient (Wildman–Crippen LogP) is 2.87. The highest BCUT2D eigenvalue weighted by molar-refractivity contribution is 8.13. The number of aromatic nitrogens is 3. The van der Waals surface area contributed by atoms with E-state index in [4.69, 9.17) is 27.0 Å². The Morgan fingerprint density at radius 1 is 1.33 bits per heavy atom. The summed E-state index contributed by atoms with van der Waals surface area (Å²) in [6, 6.07) is 5.06. The van der Waals surface area contributed by atoms with E-state index >= 15 is 0 Å². The summed E-state index contributed by atoms with van der Waals surface area (Å²) in [5.41, 5.74) is 0.580. The zero-order chi connectivity index (χ0) is 15.2. The Bertz CT molecular complexity index is 800. The number of methoxy groups -OCH3 is 1. The Labute approximate surface area is 131 Å². The molecule has 6 nitrogen and oxygen atoms in total. The molecule has 1 aromatic heterocycles. The van der Waals surface area contributed by atoms with Gasteiger partial charge in [0.25, 0.3) is 14.2 Å². The summed E-state index contributed by atoms with van der Waals surface area (Å²) < 4.78 is 30.1. The van der Waals surface area contributed by atoms with Gasteiger partial charge in [0.15, 0.2) is 5.82 Å². The summed E-state index contributed by atoms with van der Waals surface area (Å²) in [5, 5.41) is 7.94. The van der Waals surface area contributed by atoms with Crippen LogP contribution >= 0.6 is 22.3 Å². The van der Waals surface area contributed by atoms with Crippen molar-refractivity contribution in [1.29, 1.82) is 0 Å². The lowest BCUT2D eigenvalue weighted by Crippen LogP contribution is -2.06. The van der Waals surface area contributed by atoms with Gasteiger partial charge in [0.05, 0.1) is 12.7 Å². The molecule has 0 amide bonds. The van der Waals surface area contributed by atoms with E-state index in [1.165, 1.54) is 11.7 Å². The van der Waals surface area contributed by atoms with Crippen LogP contribution in [0.25, 0.3) is 11.4 Å². The molecule has 2 aromatic rings. The number of hydrogen-bond donors (Lipinski definition) is 0. The number of nitrogens with zero attached hydrogens (tertiary/aromatic N) is 3. The number of ether oxygens (including phenoxy) is 1. The maximum atomic E-state index is 11.6. The minimum absolute atomic E-state index is 0.0298. The van der Waals surface area contributed by atoms with E-state index in [1.54, 1.807) is 18.2 Å². The van der Waals surface area contributed by atoms with E-state index in [9.17, 15) is 8.42 Å². The molecule has 0 bridgehead atoms. The van der Waals surface area contributed by atoms with Gasteiger partial charge in [-0.2, -0.15) is 0 Å². The molecule has 3 rings (SSSR count). The number of halogens is 2. The molecule has 0 unspecified atom stereocenters. The Kier molecular flexibility index (Phi) is 3.59. The average Bonchev–Trinajstić information content (AvgIpc) is 3.15. The zero-order valence-corrected chi connectivity index (χ0v) is 13.3. The average molecular weight is 348 g/mol. The smallest absolute Gasteiger partial charge is 0.296 e. The first kappa shape index (κ1) is 14.6. The van der Waals surface area contributed by atoms with Crippen LogP contribution in [0.1, 0.15) is 18.9 Å². The molecule has 1 aliphatic rings. The third-order valence-electron chi connectivity index (χ3n) is 3.20. The summed E-state index contributed by atoms with van der Waals surface area (Å²) in [7, 11) is 2.98. The second-order valence-corrected chi connectivity index (χ2v) is 7.59. The molecule has 0 atom stereocenters. The minimum Gasteiger partial charge on any atom is -0.496 e. The molecular weight excluding hydrogens is 337 g/mol. The van der Waals surface area contributed by atoms with E-state index in [0.29, 0.717) is 22.2 Å². The van der Waals surface area contributed by atoms with Crippen molar-refractivity contribution < 1.29 is 13.2 Å². The SMILES string of the molecule is COc1ccc(Cl)cc1-c1nnc(S(=O)(=O)Cl)n1C1CC1. The lowest BCUT2D eigenvalue weighted by molar-refractivity contribution is 0.415. The van der Waals surface area contributed by atoms with Crippen LogP contribution in [-0.4, -0.2) is 30.3 Å². The van der Waals surface area contributed by atoms with Gasteiger partial charge in [0, 0.05) is 21.7 Å². The lowest BCUT2D eigenvalue weighted by atomic mass is 10.2. The van der Waals surface area contributed by atoms with Crippen molar-refractivity contribution >= 4 is 31.3 Å². The van der Waals surface area contributed by atoms with Crippen LogP contribution in [0.3, 0.4) is 0 Å². The summed E-state index contributed by atoms with van der Waals surface area (Å²) in [4.78, 5) is 0. The van der Waals surface area contributed by atoms with Gasteiger partial charge in [-0.25, -0.2) is 8.42 Å². The molecule has 21 heavy (non-hydrogen) atoms. The Morgan fingerprint density at radius 2 is 2.05 bits per heavy atom. The fourth-order valence-electron chi connectivity index (χ4n) is 2.14. The van der Waals surface area contributed by atoms with E-state index in [1.807, 2.05) is 0 Å². The lowest BCUT2D eigenvalue weighted by Gasteiger charge is -2.11. The van der Waals surface area contributed by atoms with Gasteiger partial charge in [-0.05, 0) is 31.0 Å². The summed E-state index contributed by atoms with van der Waals surface area (Å²) >= 11 is 6.01. The van der Waals surface area contributed by atoms with Crippen molar-refractivity contribution in [3.05, 3.63) is 23.2 Å². The summed E-state index contributed by atoms with van der Waals surface area (Å²) in [5.74, 6) is 0.920. The third-order valence-corrected chi connectivity index (χ3v) is 4.56. The molecule has 0 N–H and O–H groups in total. The van der Waals surface area contributed by atoms with Crippen molar-refractivity contribution in [1.82, 2.24) is 14.8 Å². The monoisotopic (exact) mass is 347 g/mol. The Hall–Kier alpha value is -1.31. The van der Waals surface area contributed by atoms with Crippen LogP contribution in [-0.2, 0) is 9.05 Å². The molecule has 0 saturated heterocycles. The highest BCUT2D eigenvalue weighted by Crippen LogP contribution is 2.42. The van der Waals surface area contributed by atoms with Gasteiger partial charge in [-0.15, -0.1) is 10.2 Å². The van der Waals surface area contributed by atoms with Crippen LogP contribution in [0.15, 0.2) is 23.4 Å². The summed E-state index contributed by atoms with van der Waals surface area (Å²) in [6.45, 7) is 0. The van der Waals surface area contributed by atoms with Crippen molar-refractivity contribution in [2.75, 3.05) is 7.11 Å². The summed E-state index contributed by atoms with van der Waals surface area (Å²) in [6.07, 6.45) is 1.71. The fourth-order valence-corrected chi connectivity index (χ4v) is 3.24. The topological polar surface area (TPSA) is 74.1 Å². The van der Waals surface area contributed by atoms with Crippen LogP contribution in [0.4, 0.5) is 0 Å². The maximum absolute atomic E-state index is 11.6. The molecular formula is C12H11Cl2N3O3S. The van der Waals surface area contributed by atoms with E-state index in [-0.39, 0.29) is 11.2 Å². The Morgan fingerprint density at radius 3 is 2.62 bits per heavy atom. The molecule has 112 valence electrons. The predicted molar refractivity (Wildman–Crippen MR) is 78.3 cm³/mol. The van der Waals surface area contributed by atoms with Crippen LogP contribution in [0, 0.1) is 0 Å². The molecule has 9 heteroatoms. The van der Waals surface area contributed by atoms with Gasteiger partial charge in [-0.1, -0.05) is 11.6 Å². The molecule has 1 aromatic carbocycles. The molecule has 1 heterocycles. The first-order valence-electron chi connectivity index (χ1n) is 6.15. The van der Waals surface area contributed by atoms with Crippen molar-refractivity contribution in [3.8, 4) is 17.1 Å². The number of benzene rings is 1. The molecule has 0 radical (unpaired) electrons. The van der Waals surface area contributed by atoms with Gasteiger partial charge in [-0.3, -0.25) is 4.57 Å². The molecule has 0 aliphatic heterocycles. The molecule has 1 fully saturated rings. The van der Waals surface area contributed by atoms with E-state index in [0.717, 1.165) is 12.8 Å². The highest BCUT2D eigenvalue weighted by atomic mass is 35.7. The van der Waals surface area contributed by atoms with Crippen LogP contribution in [0.2, 0.25) is 5.02 Å². The van der Waals surface area contributed by atoms with Crippen molar-refractivity contribution in [2.45, 2.75) is 24.0 Å². The van der Waals surface area contributed by atoms with Crippen LogP contribution < -0.4 is 4.74 Å². The first-order valence-corrected chi connectivity index (χ1v) is 8.84. The molecule has 1 aliphatic carbocycles. The maximum Gasteiger partial charge on any atom is 0.296 e. The van der Waals surface area contributed by atoms with Crippen LogP contribution in [0.5, 0.6) is 5.75 Å². The molecule has 0 spiro atoms. The highest BCUT2D eigenvalue weighted by Gasteiger charge is 2.34. The van der Waals surface area contributed by atoms with Gasteiger partial charge >= 0.3 is 0 Å². The minimum atomic E-state index is -3.97. The first-order chi connectivity index (χ1) is 9.91. The quantitative estimate of drug-likeness (QED) is 0.795. The van der Waals surface area contributed by atoms with Gasteiger partial charge in [0.1, 0.15) is 5.75 Å².